The summed E-state index contributed by atoms with van der Waals surface area (Å²) in [5, 5.41) is 9.13. The highest BCUT2D eigenvalue weighted by atomic mass is 16.5. The van der Waals surface area contributed by atoms with Crippen molar-refractivity contribution in [3.63, 3.8) is 0 Å². The van der Waals surface area contributed by atoms with E-state index in [1.165, 1.54) is 0 Å². The molecular formula is C12H14N2O2. The second kappa shape index (κ2) is 4.81. The normalized spacial score (nSPS) is 10.4. The number of hydrogen-bond donors (Lipinski definition) is 1. The van der Waals surface area contributed by atoms with Crippen molar-refractivity contribution < 1.29 is 9.84 Å². The molecule has 0 atom stereocenters. The van der Waals surface area contributed by atoms with Crippen LogP contribution >= 0.6 is 0 Å². The van der Waals surface area contributed by atoms with Gasteiger partial charge in [0, 0.05) is 25.0 Å². The van der Waals surface area contributed by atoms with Crippen molar-refractivity contribution in [1.82, 2.24) is 9.55 Å². The molecule has 1 heterocycles. The summed E-state index contributed by atoms with van der Waals surface area (Å²) in [5.74, 6) is 1.56. The first kappa shape index (κ1) is 10.7. The van der Waals surface area contributed by atoms with Crippen LogP contribution in [0, 0.1) is 0 Å². The van der Waals surface area contributed by atoms with Crippen LogP contribution in [0.3, 0.4) is 0 Å². The van der Waals surface area contributed by atoms with Crippen molar-refractivity contribution in [2.75, 3.05) is 0 Å². The molecule has 0 saturated heterocycles. The van der Waals surface area contributed by atoms with Gasteiger partial charge in [-0.25, -0.2) is 4.98 Å². The standard InChI is InChI=1S/C12H14N2O2/c1-14-7-6-13-12(14)9-16-11-5-3-2-4-10(11)8-15/h2-7,15H,8-9H2,1H3. The van der Waals surface area contributed by atoms with Crippen molar-refractivity contribution in [3.05, 3.63) is 48.0 Å². The first-order valence-corrected chi connectivity index (χ1v) is 5.09. The van der Waals surface area contributed by atoms with Gasteiger partial charge in [-0.05, 0) is 6.07 Å². The summed E-state index contributed by atoms with van der Waals surface area (Å²) < 4.78 is 7.51. The third-order valence-electron chi connectivity index (χ3n) is 2.42. The van der Waals surface area contributed by atoms with Gasteiger partial charge >= 0.3 is 0 Å². The fourth-order valence-electron chi connectivity index (χ4n) is 1.45. The van der Waals surface area contributed by atoms with Gasteiger partial charge in [0.1, 0.15) is 18.2 Å². The van der Waals surface area contributed by atoms with Crippen molar-refractivity contribution in [1.29, 1.82) is 0 Å². The number of aliphatic hydroxyl groups is 1. The van der Waals surface area contributed by atoms with Crippen molar-refractivity contribution in [2.24, 2.45) is 7.05 Å². The Morgan fingerprint density at radius 1 is 1.38 bits per heavy atom. The molecule has 4 nitrogen and oxygen atoms in total. The number of aromatic nitrogens is 2. The molecule has 0 bridgehead atoms. The molecule has 1 N–H and O–H groups in total. The van der Waals surface area contributed by atoms with Crippen molar-refractivity contribution >= 4 is 0 Å². The molecular weight excluding hydrogens is 204 g/mol. The molecule has 4 heteroatoms. The number of aliphatic hydroxyl groups excluding tert-OH is 1. The van der Waals surface area contributed by atoms with Gasteiger partial charge in [0.2, 0.25) is 0 Å². The van der Waals surface area contributed by atoms with E-state index in [4.69, 9.17) is 9.84 Å². The summed E-state index contributed by atoms with van der Waals surface area (Å²) in [6.07, 6.45) is 3.60. The largest absolute Gasteiger partial charge is 0.485 e. The van der Waals surface area contributed by atoms with Gasteiger partial charge in [0.05, 0.1) is 6.61 Å². The molecule has 0 unspecified atom stereocenters. The number of nitrogens with zero attached hydrogens (tertiary/aromatic N) is 2. The van der Waals surface area contributed by atoms with Crippen LogP contribution in [0.5, 0.6) is 5.75 Å². The van der Waals surface area contributed by atoms with Crippen LogP contribution in [0.1, 0.15) is 11.4 Å². The second-order valence-electron chi connectivity index (χ2n) is 3.51. The zero-order valence-electron chi connectivity index (χ0n) is 9.13. The maximum absolute atomic E-state index is 9.13. The fourth-order valence-corrected chi connectivity index (χ4v) is 1.45. The Morgan fingerprint density at radius 3 is 2.88 bits per heavy atom. The molecule has 1 aromatic heterocycles. The molecule has 2 aromatic rings. The Morgan fingerprint density at radius 2 is 2.19 bits per heavy atom. The Balaban J connectivity index is 2.07. The van der Waals surface area contributed by atoms with Crippen LogP contribution in [0.2, 0.25) is 0 Å². The fraction of sp³-hybridized carbons (Fsp3) is 0.250. The lowest BCUT2D eigenvalue weighted by molar-refractivity contribution is 0.254. The summed E-state index contributed by atoms with van der Waals surface area (Å²) >= 11 is 0. The van der Waals surface area contributed by atoms with E-state index in [2.05, 4.69) is 4.98 Å². The molecule has 84 valence electrons. The van der Waals surface area contributed by atoms with Crippen molar-refractivity contribution in [3.8, 4) is 5.75 Å². The number of benzene rings is 1. The van der Waals surface area contributed by atoms with E-state index in [0.717, 1.165) is 11.4 Å². The van der Waals surface area contributed by atoms with E-state index in [1.54, 1.807) is 6.20 Å². The monoisotopic (exact) mass is 218 g/mol. The van der Waals surface area contributed by atoms with Crippen LogP contribution in [-0.4, -0.2) is 14.7 Å². The van der Waals surface area contributed by atoms with Crippen molar-refractivity contribution in [2.45, 2.75) is 13.2 Å². The number of ether oxygens (including phenoxy) is 1. The zero-order chi connectivity index (χ0) is 11.4. The van der Waals surface area contributed by atoms with Gasteiger partial charge in [0.15, 0.2) is 0 Å². The summed E-state index contributed by atoms with van der Waals surface area (Å²) in [5.41, 5.74) is 0.789. The molecule has 0 saturated carbocycles. The van der Waals surface area contributed by atoms with Gasteiger partial charge in [-0.15, -0.1) is 0 Å². The van der Waals surface area contributed by atoms with Crippen LogP contribution < -0.4 is 4.74 Å². The molecule has 1 aromatic carbocycles. The van der Waals surface area contributed by atoms with E-state index < -0.39 is 0 Å². The predicted molar refractivity (Wildman–Crippen MR) is 59.9 cm³/mol. The Kier molecular flexibility index (Phi) is 3.22. The quantitative estimate of drug-likeness (QED) is 0.845. The van der Waals surface area contributed by atoms with Crippen LogP contribution in [0.25, 0.3) is 0 Å². The van der Waals surface area contributed by atoms with E-state index >= 15 is 0 Å². The molecule has 16 heavy (non-hydrogen) atoms. The van der Waals surface area contributed by atoms with Crippen LogP contribution in [-0.2, 0) is 20.3 Å². The van der Waals surface area contributed by atoms with Crippen LogP contribution in [0.4, 0.5) is 0 Å². The maximum atomic E-state index is 9.13. The summed E-state index contributed by atoms with van der Waals surface area (Å²) in [6, 6.07) is 7.44. The molecule has 0 aliphatic rings. The molecule has 2 rings (SSSR count). The lowest BCUT2D eigenvalue weighted by Gasteiger charge is -2.09. The minimum Gasteiger partial charge on any atom is -0.485 e. The summed E-state index contributed by atoms with van der Waals surface area (Å²) in [4.78, 5) is 4.16. The number of hydrogen-bond acceptors (Lipinski definition) is 3. The smallest absolute Gasteiger partial charge is 0.146 e. The third kappa shape index (κ3) is 2.23. The average molecular weight is 218 g/mol. The molecule has 0 aliphatic carbocycles. The molecule has 0 fully saturated rings. The molecule has 0 aliphatic heterocycles. The lowest BCUT2D eigenvalue weighted by Crippen LogP contribution is -2.04. The minimum atomic E-state index is -0.0171. The third-order valence-corrected chi connectivity index (χ3v) is 2.42. The highest BCUT2D eigenvalue weighted by Crippen LogP contribution is 2.18. The first-order valence-electron chi connectivity index (χ1n) is 5.09. The lowest BCUT2D eigenvalue weighted by atomic mass is 10.2. The summed E-state index contributed by atoms with van der Waals surface area (Å²) in [7, 11) is 1.92. The van der Waals surface area contributed by atoms with Gasteiger partial charge in [-0.1, -0.05) is 18.2 Å². The highest BCUT2D eigenvalue weighted by Gasteiger charge is 2.04. The van der Waals surface area contributed by atoms with E-state index in [-0.39, 0.29) is 6.61 Å². The van der Waals surface area contributed by atoms with E-state index in [1.807, 2.05) is 42.1 Å². The second-order valence-corrected chi connectivity index (χ2v) is 3.51. The van der Waals surface area contributed by atoms with E-state index in [9.17, 15) is 0 Å². The predicted octanol–water partition coefficient (Wildman–Crippen LogP) is 1.49. The molecule has 0 spiro atoms. The molecule has 0 amide bonds. The minimum absolute atomic E-state index is 0.0171. The summed E-state index contributed by atoms with van der Waals surface area (Å²) in [6.45, 7) is 0.386. The van der Waals surface area contributed by atoms with Gasteiger partial charge < -0.3 is 14.4 Å². The maximum Gasteiger partial charge on any atom is 0.146 e. The number of imidazole rings is 1. The van der Waals surface area contributed by atoms with Gasteiger partial charge in [-0.3, -0.25) is 0 Å². The highest BCUT2D eigenvalue weighted by molar-refractivity contribution is 5.32. The topological polar surface area (TPSA) is 47.3 Å². The zero-order valence-corrected chi connectivity index (χ0v) is 9.13. The van der Waals surface area contributed by atoms with Gasteiger partial charge in [0.25, 0.3) is 0 Å². The molecule has 0 radical (unpaired) electrons. The number of aryl methyl sites for hydroxylation is 1. The SMILES string of the molecule is Cn1ccnc1COc1ccccc1CO. The average Bonchev–Trinajstić information content (AvgIpc) is 2.72. The number of para-hydroxylation sites is 1. The van der Waals surface area contributed by atoms with E-state index in [0.29, 0.717) is 12.4 Å². The Hall–Kier alpha value is -1.81. The van der Waals surface area contributed by atoms with Crippen LogP contribution in [0.15, 0.2) is 36.7 Å². The Bertz CT molecular complexity index is 466. The van der Waals surface area contributed by atoms with Gasteiger partial charge in [-0.2, -0.15) is 0 Å². The number of rotatable bonds is 4. The first-order chi connectivity index (χ1) is 7.81. The Labute approximate surface area is 94.1 Å².